The van der Waals surface area contributed by atoms with Crippen LogP contribution in [0.3, 0.4) is 0 Å². The van der Waals surface area contributed by atoms with Crippen molar-refractivity contribution in [1.29, 1.82) is 0 Å². The molecule has 0 heterocycles. The number of anilines is 1. The van der Waals surface area contributed by atoms with Crippen molar-refractivity contribution in [2.24, 2.45) is 0 Å². The van der Waals surface area contributed by atoms with Gasteiger partial charge in [-0.1, -0.05) is 0 Å². The molecule has 6 heteroatoms. The molecule has 0 atom stereocenters. The van der Waals surface area contributed by atoms with E-state index in [-0.39, 0.29) is 13.2 Å². The maximum absolute atomic E-state index is 11.6. The number of aliphatic hydroxyl groups excluding tert-OH is 1. The highest BCUT2D eigenvalue weighted by Crippen LogP contribution is 2.17. The molecule has 0 saturated carbocycles. The molecule has 0 radical (unpaired) electrons. The number of halogens is 1. The Kier molecular flexibility index (Phi) is 6.06. The summed E-state index contributed by atoms with van der Waals surface area (Å²) in [6, 6.07) is 5.53. The van der Waals surface area contributed by atoms with Crippen molar-refractivity contribution in [3.05, 3.63) is 27.3 Å². The van der Waals surface area contributed by atoms with Gasteiger partial charge in [0.1, 0.15) is 0 Å². The average Bonchev–Trinajstić information content (AvgIpc) is 2.32. The lowest BCUT2D eigenvalue weighted by atomic mass is 10.2. The number of hydrogen-bond donors (Lipinski definition) is 3. The monoisotopic (exact) mass is 362 g/mol. The van der Waals surface area contributed by atoms with Gasteiger partial charge < -0.3 is 15.7 Å². The van der Waals surface area contributed by atoms with E-state index in [0.29, 0.717) is 12.1 Å². The third-order valence-electron chi connectivity index (χ3n) is 2.26. The summed E-state index contributed by atoms with van der Waals surface area (Å²) < 4.78 is 1.07. The zero-order valence-corrected chi connectivity index (χ0v) is 12.2. The molecule has 0 bridgehead atoms. The van der Waals surface area contributed by atoms with Crippen molar-refractivity contribution >= 4 is 40.1 Å². The fraction of sp³-hybridized carbons (Fsp3) is 0.333. The van der Waals surface area contributed by atoms with E-state index < -0.39 is 11.8 Å². The smallest absolute Gasteiger partial charge is 0.313 e. The number of aliphatic hydroxyl groups is 1. The molecule has 98 valence electrons. The van der Waals surface area contributed by atoms with Crippen LogP contribution in [0.5, 0.6) is 0 Å². The van der Waals surface area contributed by atoms with Crippen molar-refractivity contribution in [3.63, 3.8) is 0 Å². The van der Waals surface area contributed by atoms with Crippen LogP contribution in [0, 0.1) is 10.5 Å². The lowest BCUT2D eigenvalue weighted by Gasteiger charge is -2.08. The van der Waals surface area contributed by atoms with Crippen LogP contribution in [0.25, 0.3) is 0 Å². The van der Waals surface area contributed by atoms with Gasteiger partial charge in [0.15, 0.2) is 0 Å². The van der Waals surface area contributed by atoms with E-state index in [4.69, 9.17) is 5.11 Å². The molecular weight excluding hydrogens is 347 g/mol. The number of nitrogens with one attached hydrogen (secondary N) is 2. The van der Waals surface area contributed by atoms with E-state index in [1.807, 2.05) is 19.1 Å². The normalized spacial score (nSPS) is 9.94. The number of benzene rings is 1. The Morgan fingerprint density at radius 3 is 2.67 bits per heavy atom. The van der Waals surface area contributed by atoms with Gasteiger partial charge in [0, 0.05) is 22.4 Å². The fourth-order valence-corrected chi connectivity index (χ4v) is 1.95. The van der Waals surface area contributed by atoms with E-state index >= 15 is 0 Å². The van der Waals surface area contributed by atoms with Gasteiger partial charge >= 0.3 is 11.8 Å². The van der Waals surface area contributed by atoms with Crippen LogP contribution in [0.1, 0.15) is 12.0 Å². The highest BCUT2D eigenvalue weighted by Gasteiger charge is 2.13. The molecule has 0 unspecified atom stereocenters. The Labute approximate surface area is 119 Å². The Morgan fingerprint density at radius 2 is 2.06 bits per heavy atom. The van der Waals surface area contributed by atoms with Crippen LogP contribution in [0.15, 0.2) is 18.2 Å². The lowest BCUT2D eigenvalue weighted by molar-refractivity contribution is -0.136. The van der Waals surface area contributed by atoms with Gasteiger partial charge in [-0.2, -0.15) is 0 Å². The standard InChI is InChI=1S/C12H15IN2O3/c1-8-7-9(13)3-4-10(8)15-12(18)11(17)14-5-2-6-16/h3-4,7,16H,2,5-6H2,1H3,(H,14,17)(H,15,18). The molecule has 5 nitrogen and oxygen atoms in total. The molecule has 0 aliphatic rings. The summed E-state index contributed by atoms with van der Waals surface area (Å²) in [6.07, 6.45) is 0.432. The summed E-state index contributed by atoms with van der Waals surface area (Å²) in [5, 5.41) is 13.5. The van der Waals surface area contributed by atoms with Crippen molar-refractivity contribution in [2.75, 3.05) is 18.5 Å². The van der Waals surface area contributed by atoms with Crippen LogP contribution >= 0.6 is 22.6 Å². The minimum Gasteiger partial charge on any atom is -0.396 e. The molecule has 1 aromatic carbocycles. The second-order valence-corrected chi connectivity index (χ2v) is 4.99. The number of aryl methyl sites for hydroxylation is 1. The van der Waals surface area contributed by atoms with Gasteiger partial charge in [0.05, 0.1) is 0 Å². The second kappa shape index (κ2) is 7.32. The SMILES string of the molecule is Cc1cc(I)ccc1NC(=O)C(=O)NCCCO. The van der Waals surface area contributed by atoms with Crippen molar-refractivity contribution < 1.29 is 14.7 Å². The highest BCUT2D eigenvalue weighted by atomic mass is 127. The van der Waals surface area contributed by atoms with Gasteiger partial charge in [-0.25, -0.2) is 0 Å². The number of amides is 2. The van der Waals surface area contributed by atoms with Gasteiger partial charge in [-0.3, -0.25) is 9.59 Å². The third kappa shape index (κ3) is 4.61. The summed E-state index contributed by atoms with van der Waals surface area (Å²) >= 11 is 2.18. The molecule has 0 spiro atoms. The van der Waals surface area contributed by atoms with Crippen molar-refractivity contribution in [1.82, 2.24) is 5.32 Å². The summed E-state index contributed by atoms with van der Waals surface area (Å²) in [6.45, 7) is 2.13. The molecule has 3 N–H and O–H groups in total. The topological polar surface area (TPSA) is 78.4 Å². The lowest BCUT2D eigenvalue weighted by Crippen LogP contribution is -2.36. The van der Waals surface area contributed by atoms with Crippen LogP contribution in [-0.4, -0.2) is 30.1 Å². The van der Waals surface area contributed by atoms with Crippen LogP contribution in [0.4, 0.5) is 5.69 Å². The molecule has 1 aromatic rings. The highest BCUT2D eigenvalue weighted by molar-refractivity contribution is 14.1. The molecule has 0 aromatic heterocycles. The summed E-state index contributed by atoms with van der Waals surface area (Å²) in [5.41, 5.74) is 1.52. The molecule has 1 rings (SSSR count). The predicted octanol–water partition coefficient (Wildman–Crippen LogP) is 1.04. The van der Waals surface area contributed by atoms with E-state index in [9.17, 15) is 9.59 Å². The summed E-state index contributed by atoms with van der Waals surface area (Å²) in [4.78, 5) is 23.0. The average molecular weight is 362 g/mol. The molecule has 0 aliphatic carbocycles. The van der Waals surface area contributed by atoms with Gasteiger partial charge in [0.25, 0.3) is 0 Å². The number of hydrogen-bond acceptors (Lipinski definition) is 3. The zero-order chi connectivity index (χ0) is 13.5. The molecule has 0 aliphatic heterocycles. The Morgan fingerprint density at radius 1 is 1.33 bits per heavy atom. The molecule has 0 fully saturated rings. The van der Waals surface area contributed by atoms with E-state index in [1.54, 1.807) is 6.07 Å². The van der Waals surface area contributed by atoms with Gasteiger partial charge in [-0.05, 0) is 59.7 Å². The first kappa shape index (κ1) is 14.9. The number of carbonyl (C=O) groups excluding carboxylic acids is 2. The van der Waals surface area contributed by atoms with E-state index in [0.717, 1.165) is 9.13 Å². The number of rotatable bonds is 4. The maximum atomic E-state index is 11.6. The summed E-state index contributed by atoms with van der Waals surface area (Å²) in [7, 11) is 0. The Balaban J connectivity index is 2.56. The van der Waals surface area contributed by atoms with E-state index in [2.05, 4.69) is 33.2 Å². The molecule has 2 amide bonds. The predicted molar refractivity (Wildman–Crippen MR) is 77.2 cm³/mol. The summed E-state index contributed by atoms with van der Waals surface area (Å²) in [5.74, 6) is -1.39. The van der Waals surface area contributed by atoms with Crippen LogP contribution < -0.4 is 10.6 Å². The zero-order valence-electron chi connectivity index (χ0n) is 10.00. The van der Waals surface area contributed by atoms with Gasteiger partial charge in [-0.15, -0.1) is 0 Å². The largest absolute Gasteiger partial charge is 0.396 e. The first-order valence-electron chi connectivity index (χ1n) is 5.51. The van der Waals surface area contributed by atoms with Crippen molar-refractivity contribution in [2.45, 2.75) is 13.3 Å². The second-order valence-electron chi connectivity index (χ2n) is 3.75. The third-order valence-corrected chi connectivity index (χ3v) is 2.93. The number of carbonyl (C=O) groups is 2. The minimum absolute atomic E-state index is 0.0157. The minimum atomic E-state index is -0.697. The Bertz CT molecular complexity index is 449. The fourth-order valence-electron chi connectivity index (χ4n) is 1.31. The molecular formula is C12H15IN2O3. The van der Waals surface area contributed by atoms with Crippen LogP contribution in [0.2, 0.25) is 0 Å². The molecule has 18 heavy (non-hydrogen) atoms. The first-order valence-corrected chi connectivity index (χ1v) is 6.58. The first-order chi connectivity index (χ1) is 8.54. The van der Waals surface area contributed by atoms with Gasteiger partial charge in [0.2, 0.25) is 0 Å². The quantitative estimate of drug-likeness (QED) is 0.426. The maximum Gasteiger partial charge on any atom is 0.313 e. The Hall–Kier alpha value is -1.15. The van der Waals surface area contributed by atoms with Crippen molar-refractivity contribution in [3.8, 4) is 0 Å². The van der Waals surface area contributed by atoms with E-state index in [1.165, 1.54) is 0 Å². The molecule has 0 saturated heterocycles. The van der Waals surface area contributed by atoms with Crippen LogP contribution in [-0.2, 0) is 9.59 Å².